The molecule has 3 aromatic rings. The first kappa shape index (κ1) is 20.0. The van der Waals surface area contributed by atoms with Gasteiger partial charge in [0.15, 0.2) is 10.6 Å². The number of carbonyl (C=O) groups is 1. The molecular formula is C22H26N4OS. The van der Waals surface area contributed by atoms with Gasteiger partial charge in [-0.2, -0.15) is 5.10 Å². The largest absolute Gasteiger partial charge is 0.325 e. The number of anilines is 1. The number of unbranched alkanes of at least 4 members (excludes halogenated alkanes) is 2. The Balaban J connectivity index is 1.67. The molecule has 1 heterocycles. The molecule has 146 valence electrons. The molecule has 0 aliphatic carbocycles. The van der Waals surface area contributed by atoms with Gasteiger partial charge in [-0.1, -0.05) is 55.7 Å². The molecule has 2 N–H and O–H groups in total. The Hall–Kier alpha value is -2.73. The van der Waals surface area contributed by atoms with E-state index in [9.17, 15) is 4.79 Å². The van der Waals surface area contributed by atoms with Crippen LogP contribution in [0.5, 0.6) is 0 Å². The van der Waals surface area contributed by atoms with Crippen LogP contribution in [0.3, 0.4) is 0 Å². The fourth-order valence-corrected chi connectivity index (χ4v) is 3.34. The number of benzene rings is 2. The highest BCUT2D eigenvalue weighted by Gasteiger charge is 2.12. The predicted octanol–water partition coefficient (Wildman–Crippen LogP) is 5.29. The molecule has 0 saturated heterocycles. The number of hydrogen-bond donors (Lipinski definition) is 2. The van der Waals surface area contributed by atoms with Gasteiger partial charge >= 0.3 is 0 Å². The van der Waals surface area contributed by atoms with Crippen LogP contribution in [0.2, 0.25) is 0 Å². The molecule has 1 aromatic heterocycles. The summed E-state index contributed by atoms with van der Waals surface area (Å²) in [6.45, 7) is 4.33. The van der Waals surface area contributed by atoms with Gasteiger partial charge < -0.3 is 5.32 Å². The van der Waals surface area contributed by atoms with E-state index < -0.39 is 0 Å². The molecular weight excluding hydrogens is 368 g/mol. The van der Waals surface area contributed by atoms with Crippen LogP contribution >= 0.6 is 12.2 Å². The van der Waals surface area contributed by atoms with E-state index in [0.29, 0.717) is 10.6 Å². The molecule has 6 heteroatoms. The Kier molecular flexibility index (Phi) is 6.76. The number of rotatable bonds is 8. The summed E-state index contributed by atoms with van der Waals surface area (Å²) in [5.41, 5.74) is 4.14. The number of amides is 1. The first-order valence-corrected chi connectivity index (χ1v) is 10.1. The second-order valence-electron chi connectivity index (χ2n) is 7.01. The summed E-state index contributed by atoms with van der Waals surface area (Å²) in [6.07, 6.45) is 4.73. The van der Waals surface area contributed by atoms with E-state index in [2.05, 4.69) is 34.6 Å². The first-order valence-electron chi connectivity index (χ1n) is 9.68. The highest BCUT2D eigenvalue weighted by Crippen LogP contribution is 2.19. The summed E-state index contributed by atoms with van der Waals surface area (Å²) in [4.78, 5) is 12.6. The van der Waals surface area contributed by atoms with Crippen molar-refractivity contribution in [3.63, 3.8) is 0 Å². The summed E-state index contributed by atoms with van der Waals surface area (Å²) in [5.74, 6) is 0.528. The van der Waals surface area contributed by atoms with E-state index in [4.69, 9.17) is 12.2 Å². The summed E-state index contributed by atoms with van der Waals surface area (Å²) >= 11 is 5.32. The predicted molar refractivity (Wildman–Crippen MR) is 116 cm³/mol. The Morgan fingerprint density at radius 2 is 1.96 bits per heavy atom. The number of nitrogens with zero attached hydrogens (tertiary/aromatic N) is 2. The number of aromatic amines is 1. The molecule has 1 amide bonds. The van der Waals surface area contributed by atoms with Crippen LogP contribution in [-0.2, 0) is 17.8 Å². The minimum Gasteiger partial charge on any atom is -0.325 e. The van der Waals surface area contributed by atoms with Crippen molar-refractivity contribution in [1.29, 1.82) is 0 Å². The van der Waals surface area contributed by atoms with Crippen molar-refractivity contribution in [2.75, 3.05) is 5.32 Å². The third-order valence-corrected chi connectivity index (χ3v) is 4.95. The topological polar surface area (TPSA) is 62.7 Å². The molecule has 3 rings (SSSR count). The number of H-pyrrole nitrogens is 1. The monoisotopic (exact) mass is 394 g/mol. The number of aryl methyl sites for hydroxylation is 2. The van der Waals surface area contributed by atoms with Gasteiger partial charge in [-0.3, -0.25) is 14.5 Å². The zero-order valence-corrected chi connectivity index (χ0v) is 17.2. The Morgan fingerprint density at radius 1 is 1.18 bits per heavy atom. The maximum absolute atomic E-state index is 12.6. The zero-order valence-electron chi connectivity index (χ0n) is 16.4. The number of hydrogen-bond acceptors (Lipinski definition) is 3. The van der Waals surface area contributed by atoms with Crippen LogP contribution in [0.15, 0.2) is 48.5 Å². The summed E-state index contributed by atoms with van der Waals surface area (Å²) in [6, 6.07) is 16.0. The first-order chi connectivity index (χ1) is 13.6. The lowest BCUT2D eigenvalue weighted by Gasteiger charge is -2.09. The smallest absolute Gasteiger partial charge is 0.244 e. The fourth-order valence-electron chi connectivity index (χ4n) is 3.15. The molecule has 0 spiro atoms. The van der Waals surface area contributed by atoms with Crippen LogP contribution in [0.25, 0.3) is 11.4 Å². The third kappa shape index (κ3) is 5.16. The molecule has 2 aromatic carbocycles. The van der Waals surface area contributed by atoms with Crippen molar-refractivity contribution in [3.05, 3.63) is 64.4 Å². The quantitative estimate of drug-likeness (QED) is 0.403. The van der Waals surface area contributed by atoms with E-state index >= 15 is 0 Å². The Bertz CT molecular complexity index is 988. The maximum Gasteiger partial charge on any atom is 0.244 e. The standard InChI is InChI=1S/C22H26N4OS/c1-3-4-5-8-17-10-12-19(13-11-17)23-20(27)15-26-21(24-25-22(26)28)18-9-6-7-16(2)14-18/h6-7,9-14H,3-5,8,15H2,1-2H3,(H,23,27)(H,25,28). The SMILES string of the molecule is CCCCCc1ccc(NC(=O)Cn2c(-c3cccc(C)c3)n[nH]c2=S)cc1. The van der Waals surface area contributed by atoms with Gasteiger partial charge in [-0.25, -0.2) is 0 Å². The van der Waals surface area contributed by atoms with E-state index in [1.54, 1.807) is 4.57 Å². The molecule has 28 heavy (non-hydrogen) atoms. The molecule has 0 radical (unpaired) electrons. The molecule has 0 saturated carbocycles. The lowest BCUT2D eigenvalue weighted by Crippen LogP contribution is -2.19. The zero-order chi connectivity index (χ0) is 19.9. The highest BCUT2D eigenvalue weighted by molar-refractivity contribution is 7.71. The van der Waals surface area contributed by atoms with Crippen molar-refractivity contribution in [2.24, 2.45) is 0 Å². The maximum atomic E-state index is 12.6. The molecule has 0 unspecified atom stereocenters. The molecule has 0 fully saturated rings. The van der Waals surface area contributed by atoms with Crippen LogP contribution in [-0.4, -0.2) is 20.7 Å². The Labute approximate surface area is 170 Å². The molecule has 0 aliphatic rings. The number of carbonyl (C=O) groups excluding carboxylic acids is 1. The van der Waals surface area contributed by atoms with E-state index in [0.717, 1.165) is 23.2 Å². The molecule has 0 aliphatic heterocycles. The summed E-state index contributed by atoms with van der Waals surface area (Å²) in [7, 11) is 0. The van der Waals surface area contributed by atoms with Crippen molar-refractivity contribution in [1.82, 2.24) is 14.8 Å². The van der Waals surface area contributed by atoms with Crippen molar-refractivity contribution < 1.29 is 4.79 Å². The second kappa shape index (κ2) is 9.46. The van der Waals surface area contributed by atoms with Crippen molar-refractivity contribution in [2.45, 2.75) is 46.1 Å². The van der Waals surface area contributed by atoms with E-state index in [-0.39, 0.29) is 12.5 Å². The Morgan fingerprint density at radius 3 is 2.68 bits per heavy atom. The molecule has 0 bridgehead atoms. The van der Waals surface area contributed by atoms with Crippen molar-refractivity contribution in [3.8, 4) is 11.4 Å². The van der Waals surface area contributed by atoms with Gasteiger partial charge in [-0.05, 0) is 55.7 Å². The van der Waals surface area contributed by atoms with Crippen LogP contribution in [0.4, 0.5) is 5.69 Å². The lowest BCUT2D eigenvalue weighted by atomic mass is 10.1. The van der Waals surface area contributed by atoms with Crippen LogP contribution < -0.4 is 5.32 Å². The lowest BCUT2D eigenvalue weighted by molar-refractivity contribution is -0.116. The van der Waals surface area contributed by atoms with E-state index in [1.807, 2.05) is 43.3 Å². The van der Waals surface area contributed by atoms with Crippen LogP contribution in [0.1, 0.15) is 37.3 Å². The van der Waals surface area contributed by atoms with E-state index in [1.165, 1.54) is 24.8 Å². The molecule has 5 nitrogen and oxygen atoms in total. The number of aromatic nitrogens is 3. The normalized spacial score (nSPS) is 10.8. The average Bonchev–Trinajstić information content (AvgIpc) is 3.04. The number of nitrogens with one attached hydrogen (secondary N) is 2. The molecule has 0 atom stereocenters. The van der Waals surface area contributed by atoms with Gasteiger partial charge in [0.25, 0.3) is 0 Å². The fraction of sp³-hybridized carbons (Fsp3) is 0.318. The van der Waals surface area contributed by atoms with Gasteiger partial charge in [0.1, 0.15) is 6.54 Å². The minimum absolute atomic E-state index is 0.108. The summed E-state index contributed by atoms with van der Waals surface area (Å²) < 4.78 is 2.15. The summed E-state index contributed by atoms with van der Waals surface area (Å²) in [5, 5.41) is 10.0. The third-order valence-electron chi connectivity index (χ3n) is 4.64. The second-order valence-corrected chi connectivity index (χ2v) is 7.40. The van der Waals surface area contributed by atoms with Crippen molar-refractivity contribution >= 4 is 23.8 Å². The minimum atomic E-state index is -0.134. The average molecular weight is 395 g/mol. The van der Waals surface area contributed by atoms with Gasteiger partial charge in [0, 0.05) is 11.3 Å². The highest BCUT2D eigenvalue weighted by atomic mass is 32.1. The van der Waals surface area contributed by atoms with Crippen LogP contribution in [0, 0.1) is 11.7 Å². The van der Waals surface area contributed by atoms with Gasteiger partial charge in [0.2, 0.25) is 5.91 Å². The van der Waals surface area contributed by atoms with Gasteiger partial charge in [0.05, 0.1) is 0 Å². The van der Waals surface area contributed by atoms with Gasteiger partial charge in [-0.15, -0.1) is 0 Å².